The van der Waals surface area contributed by atoms with Crippen LogP contribution in [0.5, 0.6) is 0 Å². The summed E-state index contributed by atoms with van der Waals surface area (Å²) in [6, 6.07) is 1.65. The van der Waals surface area contributed by atoms with Gasteiger partial charge in [-0.05, 0) is 39.2 Å². The molecule has 0 radical (unpaired) electrons. The van der Waals surface area contributed by atoms with E-state index >= 15 is 0 Å². The third-order valence-corrected chi connectivity index (χ3v) is 5.50. The lowest BCUT2D eigenvalue weighted by molar-refractivity contribution is 0.393. The molecule has 1 aliphatic rings. The van der Waals surface area contributed by atoms with Gasteiger partial charge in [0.05, 0.1) is 6.54 Å². The summed E-state index contributed by atoms with van der Waals surface area (Å²) in [6.45, 7) is 5.47. The van der Waals surface area contributed by atoms with E-state index in [2.05, 4.69) is 5.32 Å². The van der Waals surface area contributed by atoms with E-state index in [4.69, 9.17) is 4.42 Å². The first kappa shape index (κ1) is 15.5. The molecule has 1 N–H and O–H groups in total. The van der Waals surface area contributed by atoms with Crippen molar-refractivity contribution in [3.8, 4) is 0 Å². The molecule has 1 heterocycles. The Hall–Kier alpha value is -0.850. The number of rotatable bonds is 8. The maximum Gasteiger partial charge on any atom is 0.246 e. The summed E-state index contributed by atoms with van der Waals surface area (Å²) >= 11 is 0. The number of nitrogens with one attached hydrogen (secondary N) is 1. The highest BCUT2D eigenvalue weighted by molar-refractivity contribution is 7.89. The monoisotopic (exact) mass is 300 g/mol. The molecule has 1 fully saturated rings. The van der Waals surface area contributed by atoms with Gasteiger partial charge in [0.15, 0.2) is 0 Å². The zero-order valence-corrected chi connectivity index (χ0v) is 13.3. The zero-order chi connectivity index (χ0) is 14.8. The van der Waals surface area contributed by atoms with Crippen LogP contribution in [0.15, 0.2) is 15.4 Å². The van der Waals surface area contributed by atoms with Crippen LogP contribution < -0.4 is 5.32 Å². The van der Waals surface area contributed by atoms with Crippen LogP contribution in [0.1, 0.15) is 37.7 Å². The number of nitrogens with zero attached hydrogens (tertiary/aromatic N) is 1. The van der Waals surface area contributed by atoms with Crippen LogP contribution in [-0.4, -0.2) is 32.9 Å². The molecule has 0 atom stereocenters. The molecular weight excluding hydrogens is 276 g/mol. The first-order valence-corrected chi connectivity index (χ1v) is 8.67. The first-order chi connectivity index (χ1) is 9.48. The molecule has 20 heavy (non-hydrogen) atoms. The van der Waals surface area contributed by atoms with Gasteiger partial charge in [-0.1, -0.05) is 6.92 Å². The summed E-state index contributed by atoms with van der Waals surface area (Å²) in [7, 11) is -1.63. The Morgan fingerprint density at radius 3 is 2.70 bits per heavy atom. The van der Waals surface area contributed by atoms with E-state index in [1.165, 1.54) is 0 Å². The summed E-state index contributed by atoms with van der Waals surface area (Å²) in [6.07, 6.45) is 3.11. The molecule has 0 aliphatic heterocycles. The van der Waals surface area contributed by atoms with Crippen molar-refractivity contribution in [3.63, 3.8) is 0 Å². The van der Waals surface area contributed by atoms with E-state index in [0.29, 0.717) is 42.0 Å². The maximum atomic E-state index is 12.8. The molecule has 0 aromatic carbocycles. The Bertz CT molecular complexity index is 547. The van der Waals surface area contributed by atoms with Crippen LogP contribution in [0, 0.1) is 12.8 Å². The van der Waals surface area contributed by atoms with Crippen LogP contribution in [0.25, 0.3) is 0 Å². The Labute approximate surface area is 121 Å². The van der Waals surface area contributed by atoms with Gasteiger partial charge < -0.3 is 9.73 Å². The number of aryl methyl sites for hydroxylation is 1. The summed E-state index contributed by atoms with van der Waals surface area (Å²) < 4.78 is 32.7. The average Bonchev–Trinajstić information content (AvgIpc) is 3.12. The highest BCUT2D eigenvalue weighted by Gasteiger charge is 2.33. The molecule has 114 valence electrons. The van der Waals surface area contributed by atoms with Crippen LogP contribution in [0.2, 0.25) is 0 Å². The van der Waals surface area contributed by atoms with Gasteiger partial charge in [-0.25, -0.2) is 8.42 Å². The van der Waals surface area contributed by atoms with Crippen LogP contribution in [0.3, 0.4) is 0 Å². The van der Waals surface area contributed by atoms with Gasteiger partial charge in [0, 0.05) is 19.2 Å². The maximum absolute atomic E-state index is 12.8. The molecule has 0 saturated heterocycles. The highest BCUT2D eigenvalue weighted by atomic mass is 32.2. The van der Waals surface area contributed by atoms with E-state index in [-0.39, 0.29) is 0 Å². The van der Waals surface area contributed by atoms with Crippen molar-refractivity contribution in [2.24, 2.45) is 5.92 Å². The largest absolute Gasteiger partial charge is 0.464 e. The number of hydrogen-bond acceptors (Lipinski definition) is 4. The van der Waals surface area contributed by atoms with Gasteiger partial charge in [-0.3, -0.25) is 0 Å². The Morgan fingerprint density at radius 1 is 1.45 bits per heavy atom. The standard InChI is InChI=1S/C14H24N2O3S/c1-4-7-16(10-12-5-6-12)20(17,18)14-8-13(9-15-3)19-11(14)2/h8,12,15H,4-7,9-10H2,1-3H3. The Balaban J connectivity index is 2.25. The van der Waals surface area contributed by atoms with Crippen LogP contribution >= 0.6 is 0 Å². The van der Waals surface area contributed by atoms with Crippen LogP contribution in [0.4, 0.5) is 0 Å². The second-order valence-corrected chi connectivity index (χ2v) is 7.38. The highest BCUT2D eigenvalue weighted by Crippen LogP contribution is 2.32. The Kier molecular flexibility index (Phi) is 4.88. The normalized spacial score (nSPS) is 16.0. The molecule has 0 spiro atoms. The number of furan rings is 1. The zero-order valence-electron chi connectivity index (χ0n) is 12.5. The molecule has 1 aromatic heterocycles. The van der Waals surface area contributed by atoms with Crippen molar-refractivity contribution in [1.29, 1.82) is 0 Å². The third-order valence-electron chi connectivity index (χ3n) is 3.52. The minimum absolute atomic E-state index is 0.317. The SMILES string of the molecule is CCCN(CC1CC1)S(=O)(=O)c1cc(CNC)oc1C. The predicted octanol–water partition coefficient (Wildman–Crippen LogP) is 2.12. The van der Waals surface area contributed by atoms with Crippen molar-refractivity contribution in [2.45, 2.75) is 44.6 Å². The van der Waals surface area contributed by atoms with Crippen molar-refractivity contribution in [2.75, 3.05) is 20.1 Å². The molecule has 0 amide bonds. The summed E-state index contributed by atoms with van der Waals surface area (Å²) in [5.41, 5.74) is 0. The van der Waals surface area contributed by atoms with Gasteiger partial charge in [0.1, 0.15) is 16.4 Å². The summed E-state index contributed by atoms with van der Waals surface area (Å²) in [5, 5.41) is 2.97. The van der Waals surface area contributed by atoms with Crippen molar-refractivity contribution < 1.29 is 12.8 Å². The lowest BCUT2D eigenvalue weighted by Gasteiger charge is -2.20. The topological polar surface area (TPSA) is 62.6 Å². The minimum Gasteiger partial charge on any atom is -0.464 e. The van der Waals surface area contributed by atoms with E-state index in [1.54, 1.807) is 17.3 Å². The summed E-state index contributed by atoms with van der Waals surface area (Å²) in [5.74, 6) is 1.68. The molecule has 1 saturated carbocycles. The second kappa shape index (κ2) is 6.28. The average molecular weight is 300 g/mol. The molecule has 0 unspecified atom stereocenters. The van der Waals surface area contributed by atoms with E-state index in [9.17, 15) is 8.42 Å². The lowest BCUT2D eigenvalue weighted by Crippen LogP contribution is -2.33. The molecule has 5 nitrogen and oxygen atoms in total. The van der Waals surface area contributed by atoms with Gasteiger partial charge >= 0.3 is 0 Å². The number of sulfonamides is 1. The fourth-order valence-corrected chi connectivity index (χ4v) is 4.12. The van der Waals surface area contributed by atoms with Crippen molar-refractivity contribution in [3.05, 3.63) is 17.6 Å². The Morgan fingerprint density at radius 2 is 2.15 bits per heavy atom. The van der Waals surface area contributed by atoms with Gasteiger partial charge in [0.25, 0.3) is 0 Å². The number of hydrogen-bond donors (Lipinski definition) is 1. The van der Waals surface area contributed by atoms with E-state index in [1.807, 2.05) is 14.0 Å². The lowest BCUT2D eigenvalue weighted by atomic mass is 10.4. The van der Waals surface area contributed by atoms with Crippen molar-refractivity contribution >= 4 is 10.0 Å². The quantitative estimate of drug-likeness (QED) is 0.799. The molecule has 0 bridgehead atoms. The third kappa shape index (κ3) is 3.42. The van der Waals surface area contributed by atoms with E-state index < -0.39 is 10.0 Å². The van der Waals surface area contributed by atoms with Gasteiger partial charge in [-0.2, -0.15) is 4.31 Å². The van der Waals surface area contributed by atoms with Gasteiger partial charge in [0.2, 0.25) is 10.0 Å². The molecule has 1 aromatic rings. The smallest absolute Gasteiger partial charge is 0.246 e. The molecule has 2 rings (SSSR count). The predicted molar refractivity (Wildman–Crippen MR) is 78.0 cm³/mol. The molecule has 6 heteroatoms. The fraction of sp³-hybridized carbons (Fsp3) is 0.714. The minimum atomic E-state index is -3.43. The second-order valence-electron chi connectivity index (χ2n) is 5.47. The van der Waals surface area contributed by atoms with Gasteiger partial charge in [-0.15, -0.1) is 0 Å². The molecular formula is C14H24N2O3S. The molecule has 1 aliphatic carbocycles. The van der Waals surface area contributed by atoms with E-state index in [0.717, 1.165) is 19.3 Å². The van der Waals surface area contributed by atoms with Crippen molar-refractivity contribution in [1.82, 2.24) is 9.62 Å². The first-order valence-electron chi connectivity index (χ1n) is 7.23. The summed E-state index contributed by atoms with van der Waals surface area (Å²) in [4.78, 5) is 0.317. The fourth-order valence-electron chi connectivity index (χ4n) is 2.33. The van der Waals surface area contributed by atoms with Crippen LogP contribution in [-0.2, 0) is 16.6 Å².